The molecular weight excluding hydrogens is 352 g/mol. The Kier molecular flexibility index (Phi) is 10.7. The fourth-order valence-electron chi connectivity index (χ4n) is 2.13. The molecule has 1 unspecified atom stereocenters. The van der Waals surface area contributed by atoms with E-state index in [1.165, 1.54) is 0 Å². The van der Waals surface area contributed by atoms with Gasteiger partial charge in [-0.15, -0.1) is 12.4 Å². The van der Waals surface area contributed by atoms with Crippen molar-refractivity contribution in [2.75, 3.05) is 33.3 Å². The second-order valence-electron chi connectivity index (χ2n) is 5.08. The summed E-state index contributed by atoms with van der Waals surface area (Å²) in [5.74, 6) is 2.31. The van der Waals surface area contributed by atoms with Crippen LogP contribution in [-0.2, 0) is 4.79 Å². The van der Waals surface area contributed by atoms with E-state index in [0.29, 0.717) is 23.7 Å². The van der Waals surface area contributed by atoms with Crippen LogP contribution in [0.5, 0.6) is 17.2 Å². The van der Waals surface area contributed by atoms with Crippen molar-refractivity contribution < 1.29 is 19.0 Å². The van der Waals surface area contributed by atoms with Crippen LogP contribution >= 0.6 is 24.2 Å². The number of rotatable bonds is 9. The fraction of sp³-hybridized carbons (Fsp3) is 0.562. The third-order valence-corrected chi connectivity index (χ3v) is 4.16. The zero-order valence-corrected chi connectivity index (χ0v) is 16.4. The van der Waals surface area contributed by atoms with Gasteiger partial charge in [-0.2, -0.15) is 11.8 Å². The Morgan fingerprint density at radius 2 is 1.75 bits per heavy atom. The maximum absolute atomic E-state index is 12.1. The molecule has 3 N–H and O–H groups in total. The zero-order chi connectivity index (χ0) is 17.4. The molecule has 1 rings (SSSR count). The number of amides is 1. The van der Waals surface area contributed by atoms with Crippen LogP contribution in [0.4, 0.5) is 0 Å². The lowest BCUT2D eigenvalue weighted by atomic mass is 10.1. The number of carbonyl (C=O) groups excluding carboxylic acids is 1. The van der Waals surface area contributed by atoms with Gasteiger partial charge in [-0.1, -0.05) is 0 Å². The fourth-order valence-corrected chi connectivity index (χ4v) is 2.62. The molecule has 0 aromatic heterocycles. The summed E-state index contributed by atoms with van der Waals surface area (Å²) >= 11 is 1.67. The maximum atomic E-state index is 12.1. The van der Waals surface area contributed by atoms with Gasteiger partial charge in [0.25, 0.3) is 0 Å². The molecule has 0 spiro atoms. The normalized spacial score (nSPS) is 12.6. The van der Waals surface area contributed by atoms with Gasteiger partial charge in [0.05, 0.1) is 33.4 Å². The van der Waals surface area contributed by atoms with Crippen LogP contribution in [0.3, 0.4) is 0 Å². The number of nitrogens with two attached hydrogens (primary N) is 1. The van der Waals surface area contributed by atoms with Crippen molar-refractivity contribution in [1.29, 1.82) is 0 Å². The number of hydrogen-bond acceptors (Lipinski definition) is 6. The van der Waals surface area contributed by atoms with E-state index in [2.05, 4.69) is 5.32 Å². The summed E-state index contributed by atoms with van der Waals surface area (Å²) < 4.78 is 16.0. The Balaban J connectivity index is 0.00000529. The molecule has 0 bridgehead atoms. The molecular formula is C16H27ClN2O4S. The van der Waals surface area contributed by atoms with Crippen LogP contribution in [0.25, 0.3) is 0 Å². The molecule has 0 aliphatic carbocycles. The third kappa shape index (κ3) is 5.96. The zero-order valence-electron chi connectivity index (χ0n) is 14.8. The maximum Gasteiger partial charge on any atom is 0.237 e. The Labute approximate surface area is 154 Å². The summed E-state index contributed by atoms with van der Waals surface area (Å²) in [5.41, 5.74) is 6.74. The molecule has 1 aromatic carbocycles. The molecule has 8 heteroatoms. The summed E-state index contributed by atoms with van der Waals surface area (Å²) in [6, 6.07) is 2.91. The van der Waals surface area contributed by atoms with Crippen LogP contribution in [0.1, 0.15) is 24.9 Å². The first kappa shape index (κ1) is 22.7. The summed E-state index contributed by atoms with van der Waals surface area (Å²) in [7, 11) is 4.67. The molecule has 0 fully saturated rings. The second-order valence-corrected chi connectivity index (χ2v) is 6.06. The number of carbonyl (C=O) groups is 1. The molecule has 24 heavy (non-hydrogen) atoms. The van der Waals surface area contributed by atoms with E-state index in [9.17, 15) is 4.79 Å². The number of nitrogens with one attached hydrogen (secondary N) is 1. The molecule has 0 aliphatic rings. The topological polar surface area (TPSA) is 82.8 Å². The van der Waals surface area contributed by atoms with Gasteiger partial charge in [0.2, 0.25) is 11.7 Å². The summed E-state index contributed by atoms with van der Waals surface area (Å²) in [6.45, 7) is 1.89. The molecule has 0 saturated heterocycles. The van der Waals surface area contributed by atoms with E-state index in [4.69, 9.17) is 19.9 Å². The lowest BCUT2D eigenvalue weighted by Crippen LogP contribution is -2.41. The number of hydrogen-bond donors (Lipinski definition) is 2. The van der Waals surface area contributed by atoms with Crippen molar-refractivity contribution in [3.8, 4) is 17.2 Å². The molecule has 1 aromatic rings. The first-order chi connectivity index (χ1) is 11.0. The van der Waals surface area contributed by atoms with E-state index in [1.54, 1.807) is 33.1 Å². The Morgan fingerprint density at radius 1 is 1.21 bits per heavy atom. The van der Waals surface area contributed by atoms with Crippen molar-refractivity contribution in [3.63, 3.8) is 0 Å². The van der Waals surface area contributed by atoms with E-state index >= 15 is 0 Å². The van der Waals surface area contributed by atoms with Crippen LogP contribution in [0.15, 0.2) is 12.1 Å². The van der Waals surface area contributed by atoms with Crippen molar-refractivity contribution in [1.82, 2.24) is 5.32 Å². The predicted octanol–water partition coefficient (Wildman–Crippen LogP) is 2.39. The highest BCUT2D eigenvalue weighted by Gasteiger charge is 2.20. The highest BCUT2D eigenvalue weighted by atomic mass is 35.5. The van der Waals surface area contributed by atoms with Crippen molar-refractivity contribution in [3.05, 3.63) is 17.7 Å². The molecule has 0 aliphatic heterocycles. The number of ether oxygens (including phenoxy) is 3. The highest BCUT2D eigenvalue weighted by molar-refractivity contribution is 7.98. The average molecular weight is 379 g/mol. The standard InChI is InChI=1S/C16H26N2O4S.ClH/c1-10(18-16(19)12(17)6-7-23-5)11-8-13(20-2)15(22-4)14(9-11)21-3;/h8-10,12H,6-7,17H2,1-5H3,(H,18,19);1H/t10?,12-;/m0./s1. The predicted molar refractivity (Wildman–Crippen MR) is 101 cm³/mol. The first-order valence-electron chi connectivity index (χ1n) is 7.33. The van der Waals surface area contributed by atoms with Crippen LogP contribution in [-0.4, -0.2) is 45.3 Å². The van der Waals surface area contributed by atoms with E-state index in [1.807, 2.05) is 25.3 Å². The van der Waals surface area contributed by atoms with E-state index in [-0.39, 0.29) is 24.4 Å². The Morgan fingerprint density at radius 3 is 2.17 bits per heavy atom. The van der Waals surface area contributed by atoms with Crippen LogP contribution < -0.4 is 25.3 Å². The molecule has 1 amide bonds. The van der Waals surface area contributed by atoms with E-state index < -0.39 is 6.04 Å². The van der Waals surface area contributed by atoms with Gasteiger partial charge in [0, 0.05) is 0 Å². The molecule has 6 nitrogen and oxygen atoms in total. The molecule has 2 atom stereocenters. The molecule has 0 radical (unpaired) electrons. The van der Waals surface area contributed by atoms with Gasteiger partial charge in [0.15, 0.2) is 11.5 Å². The number of halogens is 1. The molecule has 0 heterocycles. The number of benzene rings is 1. The second kappa shape index (κ2) is 11.3. The Hall–Kier alpha value is -1.31. The smallest absolute Gasteiger partial charge is 0.237 e. The lowest BCUT2D eigenvalue weighted by molar-refractivity contribution is -0.123. The van der Waals surface area contributed by atoms with Crippen molar-refractivity contribution >= 4 is 30.1 Å². The minimum Gasteiger partial charge on any atom is -0.493 e. The summed E-state index contributed by atoms with van der Waals surface area (Å²) in [5, 5.41) is 2.92. The van der Waals surface area contributed by atoms with Gasteiger partial charge >= 0.3 is 0 Å². The lowest BCUT2D eigenvalue weighted by Gasteiger charge is -2.20. The summed E-state index contributed by atoms with van der Waals surface area (Å²) in [4.78, 5) is 12.1. The van der Waals surface area contributed by atoms with Gasteiger partial charge in [0.1, 0.15) is 0 Å². The third-order valence-electron chi connectivity index (χ3n) is 3.52. The molecule has 138 valence electrons. The highest BCUT2D eigenvalue weighted by Crippen LogP contribution is 2.39. The van der Waals surface area contributed by atoms with E-state index in [0.717, 1.165) is 11.3 Å². The minimum atomic E-state index is -0.507. The monoisotopic (exact) mass is 378 g/mol. The quantitative estimate of drug-likeness (QED) is 0.686. The molecule has 0 saturated carbocycles. The van der Waals surface area contributed by atoms with Gasteiger partial charge in [-0.05, 0) is 43.0 Å². The van der Waals surface area contributed by atoms with Crippen molar-refractivity contribution in [2.24, 2.45) is 5.73 Å². The van der Waals surface area contributed by atoms with Gasteiger partial charge in [-0.25, -0.2) is 0 Å². The van der Waals surface area contributed by atoms with Crippen molar-refractivity contribution in [2.45, 2.75) is 25.4 Å². The number of thioether (sulfide) groups is 1. The Bertz CT molecular complexity index is 506. The summed E-state index contributed by atoms with van der Waals surface area (Å²) in [6.07, 6.45) is 2.64. The minimum absolute atomic E-state index is 0. The van der Waals surface area contributed by atoms with Crippen LogP contribution in [0, 0.1) is 0 Å². The SMILES string of the molecule is COc1cc(C(C)NC(=O)[C@@H](N)CCSC)cc(OC)c1OC.Cl. The number of methoxy groups -OCH3 is 3. The van der Waals surface area contributed by atoms with Crippen LogP contribution in [0.2, 0.25) is 0 Å². The average Bonchev–Trinajstić information content (AvgIpc) is 2.57. The van der Waals surface area contributed by atoms with Gasteiger partial charge in [-0.3, -0.25) is 4.79 Å². The first-order valence-corrected chi connectivity index (χ1v) is 8.72. The largest absolute Gasteiger partial charge is 0.493 e. The van der Waals surface area contributed by atoms with Gasteiger partial charge < -0.3 is 25.3 Å².